The predicted molar refractivity (Wildman–Crippen MR) is 203 cm³/mol. The smallest absolute Gasteiger partial charge is 0.409 e. The SMILES string of the molecule is COC(=O)N(C)C(C(=O)N1C[C@@H](C)C[C@H]1c1nc2ccc(-c3ccc(-c4ccc(-c5cnc([C@@H]6C[C@H](C)CN6)[nH]5)cc4)cc3)cc2[nH]1)C(C)C.Cl. The number of methoxy groups -OCH3 is 1. The molecule has 3 N–H and O–H groups in total. The van der Waals surface area contributed by atoms with Crippen LogP contribution >= 0.6 is 12.4 Å². The van der Waals surface area contributed by atoms with Crippen molar-refractivity contribution >= 4 is 35.4 Å². The van der Waals surface area contributed by atoms with Gasteiger partial charge in [0.1, 0.15) is 17.7 Å². The van der Waals surface area contributed by atoms with Crippen molar-refractivity contribution in [1.29, 1.82) is 0 Å². The van der Waals surface area contributed by atoms with Gasteiger partial charge in [0.2, 0.25) is 5.91 Å². The first-order valence-corrected chi connectivity index (χ1v) is 17.7. The summed E-state index contributed by atoms with van der Waals surface area (Å²) >= 11 is 0. The molecule has 10 nitrogen and oxygen atoms in total. The van der Waals surface area contributed by atoms with E-state index in [1.165, 1.54) is 12.0 Å². The van der Waals surface area contributed by atoms with E-state index in [4.69, 9.17) is 9.72 Å². The third-order valence-corrected chi connectivity index (χ3v) is 10.4. The number of likely N-dealkylation sites (tertiary alicyclic amines) is 1. The number of imidazole rings is 2. The largest absolute Gasteiger partial charge is 0.453 e. The standard InChI is InChI=1S/C40H47N7O3.ClH/c1-23(2)36(46(5)40(49)50-6)39(48)47-22-25(4)18-35(47)38-43-31-16-15-30(19-32(31)44-38)28-9-7-26(8-10-28)27-11-13-29(14-12-27)34-21-42-37(45-34)33-17-24(3)20-41-33;/h7-16,19,21,23-25,33,35-36,41H,17-18,20,22H2,1-6H3,(H,42,45)(H,43,44);1H/t24-,25-,33-,35-,36?;/m0./s1. The van der Waals surface area contributed by atoms with Crippen LogP contribution in [0.15, 0.2) is 72.9 Å². The van der Waals surface area contributed by atoms with Crippen molar-refractivity contribution in [3.05, 3.63) is 84.6 Å². The number of carbonyl (C=O) groups excluding carboxylic acids is 2. The van der Waals surface area contributed by atoms with Crippen LogP contribution in [0.25, 0.3) is 44.5 Å². The quantitative estimate of drug-likeness (QED) is 0.150. The summed E-state index contributed by atoms with van der Waals surface area (Å²) in [5.41, 5.74) is 8.45. The maximum Gasteiger partial charge on any atom is 0.409 e. The molecule has 5 atom stereocenters. The Morgan fingerprint density at radius 3 is 2.10 bits per heavy atom. The predicted octanol–water partition coefficient (Wildman–Crippen LogP) is 8.01. The van der Waals surface area contributed by atoms with Gasteiger partial charge in [-0.25, -0.2) is 14.8 Å². The normalized spacial score (nSPS) is 20.8. The van der Waals surface area contributed by atoms with Crippen molar-refractivity contribution in [3.63, 3.8) is 0 Å². The van der Waals surface area contributed by atoms with Crippen LogP contribution in [0.4, 0.5) is 4.79 Å². The summed E-state index contributed by atoms with van der Waals surface area (Å²) in [6.45, 7) is 9.97. The van der Waals surface area contributed by atoms with Gasteiger partial charge in [0, 0.05) is 13.6 Å². The Labute approximate surface area is 305 Å². The van der Waals surface area contributed by atoms with Crippen molar-refractivity contribution < 1.29 is 14.3 Å². The number of aromatic amines is 2. The van der Waals surface area contributed by atoms with E-state index in [-0.39, 0.29) is 30.3 Å². The summed E-state index contributed by atoms with van der Waals surface area (Å²) in [7, 11) is 2.96. The number of ether oxygens (including phenoxy) is 1. The van der Waals surface area contributed by atoms with Gasteiger partial charge >= 0.3 is 6.09 Å². The first-order chi connectivity index (χ1) is 24.1. The van der Waals surface area contributed by atoms with Gasteiger partial charge in [-0.2, -0.15) is 0 Å². The third-order valence-electron chi connectivity index (χ3n) is 10.4. The summed E-state index contributed by atoms with van der Waals surface area (Å²) < 4.78 is 4.93. The van der Waals surface area contributed by atoms with E-state index in [9.17, 15) is 9.59 Å². The number of hydrogen-bond acceptors (Lipinski definition) is 6. The highest BCUT2D eigenvalue weighted by Crippen LogP contribution is 2.37. The molecule has 268 valence electrons. The lowest BCUT2D eigenvalue weighted by molar-refractivity contribution is -0.138. The van der Waals surface area contributed by atoms with E-state index in [0.29, 0.717) is 24.4 Å². The number of aromatic nitrogens is 4. The first-order valence-electron chi connectivity index (χ1n) is 17.7. The van der Waals surface area contributed by atoms with Crippen molar-refractivity contribution in [1.82, 2.24) is 35.1 Å². The number of nitrogens with one attached hydrogen (secondary N) is 3. The molecule has 5 aromatic rings. The number of hydrogen-bond donors (Lipinski definition) is 3. The minimum absolute atomic E-state index is 0. The molecule has 2 aliphatic heterocycles. The van der Waals surface area contributed by atoms with Crippen LogP contribution in [0, 0.1) is 17.8 Å². The molecule has 0 bridgehead atoms. The topological polar surface area (TPSA) is 119 Å². The summed E-state index contributed by atoms with van der Waals surface area (Å²) in [5.74, 6) is 2.60. The zero-order valence-corrected chi connectivity index (χ0v) is 31.0. The van der Waals surface area contributed by atoms with E-state index < -0.39 is 12.1 Å². The van der Waals surface area contributed by atoms with Crippen molar-refractivity contribution in [2.24, 2.45) is 17.8 Å². The van der Waals surface area contributed by atoms with Crippen LogP contribution in [-0.4, -0.2) is 75.0 Å². The van der Waals surface area contributed by atoms with Gasteiger partial charge in [0.25, 0.3) is 0 Å². The molecule has 11 heteroatoms. The van der Waals surface area contributed by atoms with E-state index in [2.05, 4.69) is 94.8 Å². The van der Waals surface area contributed by atoms with Crippen molar-refractivity contribution in [3.8, 4) is 33.5 Å². The zero-order valence-electron chi connectivity index (χ0n) is 30.1. The van der Waals surface area contributed by atoms with Gasteiger partial charge in [0.15, 0.2) is 0 Å². The third kappa shape index (κ3) is 7.25. The molecule has 4 heterocycles. The lowest BCUT2D eigenvalue weighted by Crippen LogP contribution is -2.52. The number of nitrogens with zero attached hydrogens (tertiary/aromatic N) is 4. The molecular formula is C40H48ClN7O3. The first kappa shape index (κ1) is 36.1. The van der Waals surface area contributed by atoms with E-state index in [0.717, 1.165) is 75.6 Å². The number of amides is 2. The molecule has 2 aromatic heterocycles. The molecule has 7 rings (SSSR count). The molecule has 2 saturated heterocycles. The van der Waals surface area contributed by atoms with E-state index >= 15 is 0 Å². The van der Waals surface area contributed by atoms with Gasteiger partial charge in [-0.1, -0.05) is 82.3 Å². The summed E-state index contributed by atoms with van der Waals surface area (Å²) in [4.78, 5) is 46.2. The van der Waals surface area contributed by atoms with Gasteiger partial charge in [-0.3, -0.25) is 9.69 Å². The minimum atomic E-state index is -0.625. The number of likely N-dealkylation sites (N-methyl/N-ethyl adjacent to an activating group) is 1. The van der Waals surface area contributed by atoms with Crippen molar-refractivity contribution in [2.45, 2.75) is 58.7 Å². The molecule has 2 aliphatic rings. The molecule has 1 unspecified atom stereocenters. The van der Waals surface area contributed by atoms with Gasteiger partial charge < -0.3 is 24.9 Å². The Bertz CT molecular complexity index is 1990. The lowest BCUT2D eigenvalue weighted by atomic mass is 9.99. The van der Waals surface area contributed by atoms with E-state index in [1.807, 2.05) is 31.0 Å². The second kappa shape index (κ2) is 14.9. The number of carbonyl (C=O) groups is 2. The molecule has 51 heavy (non-hydrogen) atoms. The minimum Gasteiger partial charge on any atom is -0.453 e. The summed E-state index contributed by atoms with van der Waals surface area (Å²) in [5, 5.41) is 3.55. The molecule has 0 saturated carbocycles. The average Bonchev–Trinajstić information content (AvgIpc) is 3.94. The monoisotopic (exact) mass is 709 g/mol. The fraction of sp³-hybridized carbons (Fsp3) is 0.400. The maximum absolute atomic E-state index is 13.9. The lowest BCUT2D eigenvalue weighted by Gasteiger charge is -2.34. The number of benzene rings is 3. The Morgan fingerprint density at radius 2 is 1.49 bits per heavy atom. The highest BCUT2D eigenvalue weighted by molar-refractivity contribution is 5.87. The molecular weight excluding hydrogens is 662 g/mol. The fourth-order valence-electron chi connectivity index (χ4n) is 7.72. The molecule has 2 amide bonds. The van der Waals surface area contributed by atoms with E-state index in [1.54, 1.807) is 7.05 Å². The van der Waals surface area contributed by atoms with Crippen LogP contribution in [0.1, 0.15) is 64.3 Å². The molecule has 3 aromatic carbocycles. The fourth-order valence-corrected chi connectivity index (χ4v) is 7.72. The molecule has 2 fully saturated rings. The highest BCUT2D eigenvalue weighted by atomic mass is 35.5. The van der Waals surface area contributed by atoms with Crippen molar-refractivity contribution in [2.75, 3.05) is 27.2 Å². The maximum atomic E-state index is 13.9. The highest BCUT2D eigenvalue weighted by Gasteiger charge is 2.42. The number of rotatable bonds is 8. The number of fused-ring (bicyclic) bond motifs is 1. The van der Waals surface area contributed by atoms with Gasteiger partial charge in [-0.15, -0.1) is 12.4 Å². The van der Waals surface area contributed by atoms with Crippen LogP contribution in [0.3, 0.4) is 0 Å². The van der Waals surface area contributed by atoms with Crippen LogP contribution < -0.4 is 5.32 Å². The summed E-state index contributed by atoms with van der Waals surface area (Å²) in [6, 6.07) is 23.0. The Hall–Kier alpha value is -4.67. The van der Waals surface area contributed by atoms with Gasteiger partial charge in [0.05, 0.1) is 42.1 Å². The van der Waals surface area contributed by atoms with Crippen LogP contribution in [0.5, 0.6) is 0 Å². The van der Waals surface area contributed by atoms with Crippen LogP contribution in [0.2, 0.25) is 0 Å². The van der Waals surface area contributed by atoms with Gasteiger partial charge in [-0.05, 0) is 77.1 Å². The Balaban J connectivity index is 0.00000448. The molecule has 0 spiro atoms. The molecule has 0 radical (unpaired) electrons. The summed E-state index contributed by atoms with van der Waals surface area (Å²) in [6.07, 6.45) is 3.32. The van der Waals surface area contributed by atoms with Crippen LogP contribution in [-0.2, 0) is 9.53 Å². The number of H-pyrrole nitrogens is 2. The zero-order chi connectivity index (χ0) is 35.1. The second-order valence-electron chi connectivity index (χ2n) is 14.6. The Kier molecular flexibility index (Phi) is 10.6. The second-order valence-corrected chi connectivity index (χ2v) is 14.6. The molecule has 0 aliphatic carbocycles. The number of halogens is 1. The average molecular weight is 710 g/mol. The Morgan fingerprint density at radius 1 is 0.863 bits per heavy atom.